The number of carbonyl (C=O) groups excluding carboxylic acids is 2. The van der Waals surface area contributed by atoms with Gasteiger partial charge in [0.15, 0.2) is 0 Å². The van der Waals surface area contributed by atoms with Gasteiger partial charge in [-0.15, -0.1) is 0 Å². The molecule has 6 nitrogen and oxygen atoms in total. The van der Waals surface area contributed by atoms with E-state index in [4.69, 9.17) is 16.3 Å². The summed E-state index contributed by atoms with van der Waals surface area (Å²) in [5.41, 5.74) is 2.20. The number of rotatable bonds is 6. The number of piperazine rings is 1. The molecule has 3 aromatic carbocycles. The van der Waals surface area contributed by atoms with Crippen LogP contribution >= 0.6 is 11.6 Å². The Kier molecular flexibility index (Phi) is 7.27. The molecule has 2 amide bonds. The van der Waals surface area contributed by atoms with E-state index in [1.807, 2.05) is 59.5 Å². The van der Waals surface area contributed by atoms with Crippen LogP contribution in [0, 0.1) is 0 Å². The van der Waals surface area contributed by atoms with Gasteiger partial charge in [-0.2, -0.15) is 0 Å². The van der Waals surface area contributed by atoms with E-state index in [9.17, 15) is 9.59 Å². The van der Waals surface area contributed by atoms with E-state index >= 15 is 0 Å². The number of hydrogen-bond donors (Lipinski definition) is 1. The Balaban J connectivity index is 1.48. The second-order valence-corrected chi connectivity index (χ2v) is 8.31. The smallest absolute Gasteiger partial charge is 0.253 e. The predicted octanol–water partition coefficient (Wildman–Crippen LogP) is 4.49. The number of benzene rings is 3. The van der Waals surface area contributed by atoms with Crippen molar-refractivity contribution in [1.29, 1.82) is 0 Å². The van der Waals surface area contributed by atoms with Crippen molar-refractivity contribution in [3.8, 4) is 5.75 Å². The van der Waals surface area contributed by atoms with Crippen LogP contribution in [-0.4, -0.2) is 54.9 Å². The quantitative estimate of drug-likeness (QED) is 0.585. The van der Waals surface area contributed by atoms with E-state index in [-0.39, 0.29) is 11.8 Å². The molecule has 0 saturated carbocycles. The number of amides is 2. The molecule has 4 rings (SSSR count). The molecule has 0 aliphatic carbocycles. The fourth-order valence-electron chi connectivity index (χ4n) is 4.04. The molecular weight excluding hydrogens is 438 g/mol. The van der Waals surface area contributed by atoms with E-state index < -0.39 is 6.04 Å². The Hall–Kier alpha value is -3.35. The number of hydrogen-bond acceptors (Lipinski definition) is 4. The standard InChI is InChI=1S/C26H26ClN3O3/c1-33-23-12-10-22(11-13-23)28-25(31)24(19-6-3-2-4-7-19)29-14-16-30(17-15-29)26(32)20-8-5-9-21(27)18-20/h2-13,18,24H,14-17H2,1H3,(H,28,31). The summed E-state index contributed by atoms with van der Waals surface area (Å²) < 4.78 is 5.19. The zero-order valence-electron chi connectivity index (χ0n) is 18.4. The van der Waals surface area contributed by atoms with Crippen LogP contribution in [0.1, 0.15) is 22.0 Å². The average Bonchev–Trinajstić information content (AvgIpc) is 2.85. The largest absolute Gasteiger partial charge is 0.497 e. The number of nitrogens with zero attached hydrogens (tertiary/aromatic N) is 2. The van der Waals surface area contributed by atoms with E-state index in [0.29, 0.717) is 42.5 Å². The van der Waals surface area contributed by atoms with Gasteiger partial charge in [0.05, 0.1) is 7.11 Å². The van der Waals surface area contributed by atoms with Crippen LogP contribution < -0.4 is 10.1 Å². The topological polar surface area (TPSA) is 61.9 Å². The van der Waals surface area contributed by atoms with Crippen molar-refractivity contribution in [1.82, 2.24) is 9.80 Å². The van der Waals surface area contributed by atoms with Crippen LogP contribution in [0.25, 0.3) is 0 Å². The first-order chi connectivity index (χ1) is 16.0. The van der Waals surface area contributed by atoms with Crippen LogP contribution in [0.3, 0.4) is 0 Å². The first-order valence-electron chi connectivity index (χ1n) is 10.8. The van der Waals surface area contributed by atoms with Crippen LogP contribution in [-0.2, 0) is 4.79 Å². The Bertz CT molecular complexity index is 1100. The molecule has 1 N–H and O–H groups in total. The van der Waals surface area contributed by atoms with Crippen LogP contribution in [0.2, 0.25) is 5.02 Å². The summed E-state index contributed by atoms with van der Waals surface area (Å²) in [7, 11) is 1.61. The maximum absolute atomic E-state index is 13.4. The van der Waals surface area contributed by atoms with Crippen molar-refractivity contribution in [2.75, 3.05) is 38.6 Å². The normalized spacial score (nSPS) is 15.0. The van der Waals surface area contributed by atoms with Gasteiger partial charge in [-0.1, -0.05) is 48.0 Å². The molecule has 170 valence electrons. The van der Waals surface area contributed by atoms with E-state index in [1.54, 1.807) is 31.4 Å². The third-order valence-corrected chi connectivity index (χ3v) is 5.99. The lowest BCUT2D eigenvalue weighted by Gasteiger charge is -2.38. The summed E-state index contributed by atoms with van der Waals surface area (Å²) in [4.78, 5) is 30.2. The highest BCUT2D eigenvalue weighted by Gasteiger charge is 2.32. The van der Waals surface area contributed by atoms with Crippen molar-refractivity contribution >= 4 is 29.1 Å². The van der Waals surface area contributed by atoms with Crippen molar-refractivity contribution in [2.45, 2.75) is 6.04 Å². The van der Waals surface area contributed by atoms with Gasteiger partial charge < -0.3 is 15.0 Å². The van der Waals surface area contributed by atoms with Gasteiger partial charge in [0.1, 0.15) is 11.8 Å². The van der Waals surface area contributed by atoms with Crippen molar-refractivity contribution in [3.05, 3.63) is 95.0 Å². The number of carbonyl (C=O) groups is 2. The second kappa shape index (κ2) is 10.5. The molecule has 3 aromatic rings. The van der Waals surface area contributed by atoms with Gasteiger partial charge in [0.2, 0.25) is 5.91 Å². The highest BCUT2D eigenvalue weighted by molar-refractivity contribution is 6.30. The van der Waals surface area contributed by atoms with Gasteiger partial charge in [-0.05, 0) is 48.0 Å². The Morgan fingerprint density at radius 2 is 1.61 bits per heavy atom. The molecule has 1 fully saturated rings. The number of anilines is 1. The Morgan fingerprint density at radius 1 is 0.909 bits per heavy atom. The van der Waals surface area contributed by atoms with Gasteiger partial charge in [0, 0.05) is 42.5 Å². The molecule has 1 heterocycles. The van der Waals surface area contributed by atoms with E-state index in [1.165, 1.54) is 0 Å². The minimum Gasteiger partial charge on any atom is -0.497 e. The minimum absolute atomic E-state index is 0.0453. The SMILES string of the molecule is COc1ccc(NC(=O)C(c2ccccc2)N2CCN(C(=O)c3cccc(Cl)c3)CC2)cc1. The molecule has 0 aromatic heterocycles. The molecule has 0 bridgehead atoms. The fourth-order valence-corrected chi connectivity index (χ4v) is 4.23. The summed E-state index contributed by atoms with van der Waals surface area (Å²) in [6, 6.07) is 23.5. The van der Waals surface area contributed by atoms with Gasteiger partial charge >= 0.3 is 0 Å². The highest BCUT2D eigenvalue weighted by atomic mass is 35.5. The summed E-state index contributed by atoms with van der Waals surface area (Å²) in [6.45, 7) is 2.23. The number of nitrogens with one attached hydrogen (secondary N) is 1. The van der Waals surface area contributed by atoms with Gasteiger partial charge in [0.25, 0.3) is 5.91 Å². The molecule has 1 atom stereocenters. The zero-order valence-corrected chi connectivity index (χ0v) is 19.2. The molecule has 1 aliphatic heterocycles. The van der Waals surface area contributed by atoms with E-state index in [0.717, 1.165) is 11.3 Å². The maximum atomic E-state index is 13.4. The molecule has 0 radical (unpaired) electrons. The van der Waals surface area contributed by atoms with Crippen molar-refractivity contribution in [2.24, 2.45) is 0 Å². The number of halogens is 1. The lowest BCUT2D eigenvalue weighted by atomic mass is 10.0. The zero-order chi connectivity index (χ0) is 23.2. The molecule has 1 saturated heterocycles. The first-order valence-corrected chi connectivity index (χ1v) is 11.2. The van der Waals surface area contributed by atoms with Crippen molar-refractivity contribution < 1.29 is 14.3 Å². The summed E-state index contributed by atoms with van der Waals surface area (Å²) >= 11 is 6.05. The minimum atomic E-state index is -0.461. The monoisotopic (exact) mass is 463 g/mol. The molecule has 1 aliphatic rings. The molecule has 7 heteroatoms. The average molecular weight is 464 g/mol. The fraction of sp³-hybridized carbons (Fsp3) is 0.231. The van der Waals surface area contributed by atoms with Crippen LogP contribution in [0.5, 0.6) is 5.75 Å². The summed E-state index contributed by atoms with van der Waals surface area (Å²) in [6.07, 6.45) is 0. The predicted molar refractivity (Wildman–Crippen MR) is 130 cm³/mol. The third kappa shape index (κ3) is 5.53. The lowest BCUT2D eigenvalue weighted by molar-refractivity contribution is -0.122. The molecule has 0 spiro atoms. The van der Waals surface area contributed by atoms with Gasteiger partial charge in [-0.3, -0.25) is 14.5 Å². The first kappa shape index (κ1) is 22.8. The molecule has 33 heavy (non-hydrogen) atoms. The maximum Gasteiger partial charge on any atom is 0.253 e. The lowest BCUT2D eigenvalue weighted by Crippen LogP contribution is -2.51. The Labute approximate surface area is 198 Å². The molecular formula is C26H26ClN3O3. The number of ether oxygens (including phenoxy) is 1. The Morgan fingerprint density at radius 3 is 2.24 bits per heavy atom. The summed E-state index contributed by atoms with van der Waals surface area (Å²) in [5, 5.41) is 3.56. The number of methoxy groups -OCH3 is 1. The second-order valence-electron chi connectivity index (χ2n) is 7.87. The highest BCUT2D eigenvalue weighted by Crippen LogP contribution is 2.25. The third-order valence-electron chi connectivity index (χ3n) is 5.76. The van der Waals surface area contributed by atoms with Crippen molar-refractivity contribution in [3.63, 3.8) is 0 Å². The summed E-state index contributed by atoms with van der Waals surface area (Å²) in [5.74, 6) is 0.574. The van der Waals surface area contributed by atoms with E-state index in [2.05, 4.69) is 10.2 Å². The van der Waals surface area contributed by atoms with Crippen LogP contribution in [0.15, 0.2) is 78.9 Å². The molecule has 1 unspecified atom stereocenters. The van der Waals surface area contributed by atoms with Gasteiger partial charge in [-0.25, -0.2) is 0 Å². The van der Waals surface area contributed by atoms with Crippen LogP contribution in [0.4, 0.5) is 5.69 Å².